The van der Waals surface area contributed by atoms with Crippen molar-refractivity contribution in [2.75, 3.05) is 27.2 Å². The highest BCUT2D eigenvalue weighted by Crippen LogP contribution is 2.20. The van der Waals surface area contributed by atoms with Gasteiger partial charge in [0.25, 0.3) is 5.91 Å². The van der Waals surface area contributed by atoms with Crippen molar-refractivity contribution in [1.82, 2.24) is 10.2 Å². The van der Waals surface area contributed by atoms with Crippen LogP contribution in [0.3, 0.4) is 0 Å². The number of carbonyl (C=O) groups is 1. The van der Waals surface area contributed by atoms with Gasteiger partial charge in [-0.15, -0.1) is 0 Å². The second kappa shape index (κ2) is 5.64. The Bertz CT molecular complexity index is 233. The van der Waals surface area contributed by atoms with Crippen molar-refractivity contribution in [1.29, 1.82) is 0 Å². The third-order valence-electron chi connectivity index (χ3n) is 3.72. The molecule has 4 nitrogen and oxygen atoms in total. The van der Waals surface area contributed by atoms with Gasteiger partial charge >= 0.3 is 0 Å². The van der Waals surface area contributed by atoms with Crippen LogP contribution in [0.15, 0.2) is 0 Å². The third kappa shape index (κ3) is 2.74. The molecule has 1 aliphatic heterocycles. The molecule has 1 rings (SSSR count). The predicted molar refractivity (Wildman–Crippen MR) is 64.4 cm³/mol. The minimum atomic E-state index is -0.674. The van der Waals surface area contributed by atoms with Crippen LogP contribution in [0.4, 0.5) is 0 Å². The zero-order valence-corrected chi connectivity index (χ0v) is 10.9. The van der Waals surface area contributed by atoms with Crippen molar-refractivity contribution in [2.45, 2.75) is 44.8 Å². The zero-order chi connectivity index (χ0) is 12.2. The fraction of sp³-hybridized carbons (Fsp3) is 0.917. The molecule has 4 heteroatoms. The average molecular weight is 228 g/mol. The second-order valence-electron chi connectivity index (χ2n) is 4.70. The van der Waals surface area contributed by atoms with Gasteiger partial charge in [0.15, 0.2) is 0 Å². The van der Waals surface area contributed by atoms with Crippen molar-refractivity contribution >= 4 is 5.91 Å². The van der Waals surface area contributed by atoms with Crippen LogP contribution in [0, 0.1) is 0 Å². The van der Waals surface area contributed by atoms with E-state index in [0.717, 1.165) is 25.9 Å². The number of rotatable bonds is 4. The quantitative estimate of drug-likeness (QED) is 0.781. The van der Waals surface area contributed by atoms with Crippen molar-refractivity contribution < 1.29 is 9.53 Å². The summed E-state index contributed by atoms with van der Waals surface area (Å²) < 4.78 is 5.35. The van der Waals surface area contributed by atoms with E-state index in [1.807, 2.05) is 25.8 Å². The Hall–Kier alpha value is -0.610. The van der Waals surface area contributed by atoms with Gasteiger partial charge < -0.3 is 15.0 Å². The molecule has 0 aliphatic carbocycles. The molecule has 2 unspecified atom stereocenters. The summed E-state index contributed by atoms with van der Waals surface area (Å²) in [5.41, 5.74) is -0.674. The maximum atomic E-state index is 12.3. The molecule has 16 heavy (non-hydrogen) atoms. The summed E-state index contributed by atoms with van der Waals surface area (Å²) >= 11 is 0. The smallest absolute Gasteiger partial charge is 0.254 e. The highest BCUT2D eigenvalue weighted by molar-refractivity contribution is 5.84. The summed E-state index contributed by atoms with van der Waals surface area (Å²) in [6.07, 6.45) is 2.92. The van der Waals surface area contributed by atoms with Crippen molar-refractivity contribution in [2.24, 2.45) is 0 Å². The number of nitrogens with zero attached hydrogens (tertiary/aromatic N) is 1. The molecule has 0 saturated carbocycles. The molecule has 1 heterocycles. The molecule has 1 N–H and O–H groups in total. The van der Waals surface area contributed by atoms with E-state index in [0.29, 0.717) is 12.5 Å². The highest BCUT2D eigenvalue weighted by atomic mass is 16.5. The maximum Gasteiger partial charge on any atom is 0.254 e. The first-order valence-corrected chi connectivity index (χ1v) is 6.08. The number of likely N-dealkylation sites (N-methyl/N-ethyl adjacent to an activating group) is 1. The number of hydrogen-bond donors (Lipinski definition) is 1. The standard InChI is InChI=1S/C12H24N2O2/c1-5-12(2,16-4)11(15)14(3)10-7-6-8-13-9-10/h10,13H,5-9H2,1-4H3. The monoisotopic (exact) mass is 228 g/mol. The minimum Gasteiger partial charge on any atom is -0.369 e. The number of nitrogens with one attached hydrogen (secondary N) is 1. The Kier molecular flexibility index (Phi) is 4.74. The molecule has 0 aromatic heterocycles. The van der Waals surface area contributed by atoms with Crippen LogP contribution >= 0.6 is 0 Å². The number of hydrogen-bond acceptors (Lipinski definition) is 3. The molecule has 1 saturated heterocycles. The highest BCUT2D eigenvalue weighted by Gasteiger charge is 2.36. The maximum absolute atomic E-state index is 12.3. The van der Waals surface area contributed by atoms with Crippen molar-refractivity contribution in [3.8, 4) is 0 Å². The molecule has 0 bridgehead atoms. The summed E-state index contributed by atoms with van der Waals surface area (Å²) in [5.74, 6) is 0.0891. The van der Waals surface area contributed by atoms with Crippen LogP contribution in [0.1, 0.15) is 33.1 Å². The molecule has 1 aliphatic rings. The molecule has 94 valence electrons. The van der Waals surface area contributed by atoms with E-state index < -0.39 is 5.60 Å². The third-order valence-corrected chi connectivity index (χ3v) is 3.72. The van der Waals surface area contributed by atoms with Gasteiger partial charge in [-0.1, -0.05) is 6.92 Å². The summed E-state index contributed by atoms with van der Waals surface area (Å²) in [6.45, 7) is 5.80. The van der Waals surface area contributed by atoms with E-state index in [4.69, 9.17) is 4.74 Å². The van der Waals surface area contributed by atoms with Crippen LogP contribution in [0.5, 0.6) is 0 Å². The molecular weight excluding hydrogens is 204 g/mol. The van der Waals surface area contributed by atoms with Gasteiger partial charge in [-0.3, -0.25) is 4.79 Å². The number of piperidine rings is 1. The van der Waals surface area contributed by atoms with Crippen LogP contribution in [0.2, 0.25) is 0 Å². The van der Waals surface area contributed by atoms with Crippen LogP contribution in [0.25, 0.3) is 0 Å². The van der Waals surface area contributed by atoms with Crippen LogP contribution in [-0.4, -0.2) is 49.7 Å². The van der Waals surface area contributed by atoms with Gasteiger partial charge in [0.2, 0.25) is 0 Å². The van der Waals surface area contributed by atoms with E-state index in [1.165, 1.54) is 0 Å². The molecule has 2 atom stereocenters. The number of amides is 1. The predicted octanol–water partition coefficient (Wildman–Crippen LogP) is 1.01. The molecule has 0 aromatic carbocycles. The first kappa shape index (κ1) is 13.5. The number of methoxy groups -OCH3 is 1. The summed E-state index contributed by atoms with van der Waals surface area (Å²) in [7, 11) is 3.49. The summed E-state index contributed by atoms with van der Waals surface area (Å²) in [6, 6.07) is 0.308. The van der Waals surface area contributed by atoms with E-state index >= 15 is 0 Å². The van der Waals surface area contributed by atoms with Crippen molar-refractivity contribution in [3.05, 3.63) is 0 Å². The van der Waals surface area contributed by atoms with Gasteiger partial charge in [-0.2, -0.15) is 0 Å². The van der Waals surface area contributed by atoms with E-state index in [1.54, 1.807) is 7.11 Å². The largest absolute Gasteiger partial charge is 0.369 e. The first-order chi connectivity index (χ1) is 7.55. The molecule has 1 fully saturated rings. The Balaban J connectivity index is 2.64. The van der Waals surface area contributed by atoms with Crippen molar-refractivity contribution in [3.63, 3.8) is 0 Å². The lowest BCUT2D eigenvalue weighted by atomic mass is 9.98. The Morgan fingerprint density at radius 2 is 2.31 bits per heavy atom. The molecule has 0 spiro atoms. The Morgan fingerprint density at radius 3 is 2.75 bits per heavy atom. The average Bonchev–Trinajstić information content (AvgIpc) is 2.37. The van der Waals surface area contributed by atoms with Gasteiger partial charge in [0.1, 0.15) is 5.60 Å². The minimum absolute atomic E-state index is 0.0891. The Morgan fingerprint density at radius 1 is 1.62 bits per heavy atom. The van der Waals surface area contributed by atoms with Gasteiger partial charge in [-0.05, 0) is 32.7 Å². The molecular formula is C12H24N2O2. The molecule has 0 radical (unpaired) electrons. The second-order valence-corrected chi connectivity index (χ2v) is 4.70. The SMILES string of the molecule is CCC(C)(OC)C(=O)N(C)C1CCCNC1. The number of carbonyl (C=O) groups excluding carboxylic acids is 1. The van der Waals surface area contributed by atoms with Gasteiger partial charge in [-0.25, -0.2) is 0 Å². The fourth-order valence-corrected chi connectivity index (χ4v) is 2.09. The van der Waals surface area contributed by atoms with Crippen LogP contribution < -0.4 is 5.32 Å². The lowest BCUT2D eigenvalue weighted by molar-refractivity contribution is -0.154. The van der Waals surface area contributed by atoms with E-state index in [-0.39, 0.29) is 5.91 Å². The topological polar surface area (TPSA) is 41.6 Å². The first-order valence-electron chi connectivity index (χ1n) is 6.08. The number of ether oxygens (including phenoxy) is 1. The lowest BCUT2D eigenvalue weighted by Gasteiger charge is -2.37. The normalized spacial score (nSPS) is 24.9. The van der Waals surface area contributed by atoms with Crippen LogP contribution in [-0.2, 0) is 9.53 Å². The fourth-order valence-electron chi connectivity index (χ4n) is 2.09. The summed E-state index contributed by atoms with van der Waals surface area (Å²) in [5, 5.41) is 3.32. The zero-order valence-electron chi connectivity index (χ0n) is 10.9. The Labute approximate surface area is 98.3 Å². The van der Waals surface area contributed by atoms with E-state index in [2.05, 4.69) is 5.32 Å². The molecule has 0 aromatic rings. The lowest BCUT2D eigenvalue weighted by Crippen LogP contribution is -2.54. The van der Waals surface area contributed by atoms with E-state index in [9.17, 15) is 4.79 Å². The molecule has 1 amide bonds. The van der Waals surface area contributed by atoms with Gasteiger partial charge in [0, 0.05) is 26.7 Å². The van der Waals surface area contributed by atoms with Gasteiger partial charge in [0.05, 0.1) is 0 Å². The summed E-state index contributed by atoms with van der Waals surface area (Å²) in [4.78, 5) is 14.1.